The zero-order valence-corrected chi connectivity index (χ0v) is 25.5. The fraction of sp³-hybridized carbons (Fsp3) is 0.441. The largest absolute Gasteiger partial charge is 0.394 e. The van der Waals surface area contributed by atoms with Gasteiger partial charge in [0, 0.05) is 18.8 Å². The van der Waals surface area contributed by atoms with Crippen molar-refractivity contribution in [1.29, 1.82) is 0 Å². The van der Waals surface area contributed by atoms with Crippen molar-refractivity contribution in [2.75, 3.05) is 29.5 Å². The number of hydrogen-bond acceptors (Lipinski definition) is 5. The molecular formula is C34H40ClN3O5. The first-order valence-electron chi connectivity index (χ1n) is 14.9. The summed E-state index contributed by atoms with van der Waals surface area (Å²) in [6.07, 6.45) is 4.22. The Bertz CT molecular complexity index is 1380. The standard InChI is InChI=1S/C34H40ClN3O5/c1-5-18-36(23-12-8-7-9-13-23)31(40)28-27-16-17-34(43-27)29(28)32(41)38(24(21-39)20-22(3)4)30(34)33(42)37(19-6-2)26-15-11-10-14-25(26)35/h5-15,22,24,27-30,39H,1-2,16-21H2,3-4H3/t24-,27-,28+,29+,30?,34?/m1/s1. The number of benzene rings is 2. The molecule has 3 aliphatic rings. The van der Waals surface area contributed by atoms with E-state index < -0.39 is 35.6 Å². The molecule has 9 heteroatoms. The second-order valence-electron chi connectivity index (χ2n) is 12.0. The summed E-state index contributed by atoms with van der Waals surface area (Å²) < 4.78 is 6.69. The van der Waals surface area contributed by atoms with Crippen LogP contribution in [0.15, 0.2) is 79.9 Å². The van der Waals surface area contributed by atoms with E-state index >= 15 is 0 Å². The molecule has 3 saturated heterocycles. The van der Waals surface area contributed by atoms with Gasteiger partial charge in [-0.1, -0.05) is 67.9 Å². The van der Waals surface area contributed by atoms with Gasteiger partial charge in [-0.3, -0.25) is 14.4 Å². The maximum Gasteiger partial charge on any atom is 0.253 e. The molecule has 43 heavy (non-hydrogen) atoms. The number of likely N-dealkylation sites (tertiary alicyclic amines) is 1. The molecule has 0 aromatic heterocycles. The maximum absolute atomic E-state index is 14.8. The van der Waals surface area contributed by atoms with Gasteiger partial charge in [-0.25, -0.2) is 0 Å². The lowest BCUT2D eigenvalue weighted by atomic mass is 9.70. The predicted molar refractivity (Wildman–Crippen MR) is 168 cm³/mol. The van der Waals surface area contributed by atoms with E-state index in [2.05, 4.69) is 13.2 Å². The average Bonchev–Trinajstić information content (AvgIpc) is 3.65. The number of hydrogen-bond donors (Lipinski definition) is 1. The van der Waals surface area contributed by atoms with Crippen LogP contribution in [0.4, 0.5) is 11.4 Å². The molecule has 8 nitrogen and oxygen atoms in total. The molecule has 2 aromatic carbocycles. The maximum atomic E-state index is 14.8. The van der Waals surface area contributed by atoms with Crippen molar-refractivity contribution >= 4 is 40.7 Å². The molecular weight excluding hydrogens is 566 g/mol. The summed E-state index contributed by atoms with van der Waals surface area (Å²) in [6, 6.07) is 14.6. The number of nitrogens with zero attached hydrogens (tertiary/aromatic N) is 3. The third kappa shape index (κ3) is 5.30. The second-order valence-corrected chi connectivity index (χ2v) is 12.4. The highest BCUT2D eigenvalue weighted by Crippen LogP contribution is 2.59. The number of fused-ring (bicyclic) bond motifs is 1. The van der Waals surface area contributed by atoms with Crippen LogP contribution in [-0.4, -0.2) is 71.2 Å². The highest BCUT2D eigenvalue weighted by Gasteiger charge is 2.75. The lowest BCUT2D eigenvalue weighted by Crippen LogP contribution is -2.59. The molecule has 2 unspecified atom stereocenters. The number of amides is 3. The molecule has 3 aliphatic heterocycles. The Morgan fingerprint density at radius 3 is 2.35 bits per heavy atom. The first-order valence-corrected chi connectivity index (χ1v) is 15.3. The number of para-hydroxylation sites is 2. The van der Waals surface area contributed by atoms with Crippen molar-refractivity contribution < 1.29 is 24.2 Å². The Kier molecular flexibility index (Phi) is 9.11. The molecule has 3 amide bonds. The van der Waals surface area contributed by atoms with Gasteiger partial charge in [0.1, 0.15) is 11.6 Å². The van der Waals surface area contributed by atoms with Crippen LogP contribution in [0.3, 0.4) is 0 Å². The molecule has 6 atom stereocenters. The van der Waals surface area contributed by atoms with E-state index in [9.17, 15) is 19.5 Å². The SMILES string of the molecule is C=CCN(C(=O)[C@@H]1[C@H]2C(=O)N([C@@H](CO)CC(C)C)C(C(=O)N(CC=C)c3ccccc3Cl)C23CC[C@H]1O3)c1ccccc1. The Hall–Kier alpha value is -3.46. The fourth-order valence-electron chi connectivity index (χ4n) is 7.36. The van der Waals surface area contributed by atoms with Crippen molar-refractivity contribution in [3.63, 3.8) is 0 Å². The van der Waals surface area contributed by atoms with Crippen LogP contribution in [0, 0.1) is 17.8 Å². The molecule has 228 valence electrons. The van der Waals surface area contributed by atoms with Crippen LogP contribution < -0.4 is 9.80 Å². The summed E-state index contributed by atoms with van der Waals surface area (Å²) in [5.74, 6) is -2.45. The lowest BCUT2D eigenvalue weighted by molar-refractivity contribution is -0.144. The Balaban J connectivity index is 1.61. The van der Waals surface area contributed by atoms with Gasteiger partial charge in [0.05, 0.1) is 41.3 Å². The quantitative estimate of drug-likeness (QED) is 0.349. The topological polar surface area (TPSA) is 90.4 Å². The first kappa shape index (κ1) is 31.0. The Morgan fingerprint density at radius 1 is 1.07 bits per heavy atom. The lowest BCUT2D eigenvalue weighted by Gasteiger charge is -2.39. The van der Waals surface area contributed by atoms with E-state index in [4.69, 9.17) is 16.3 Å². The van der Waals surface area contributed by atoms with E-state index in [-0.39, 0.29) is 43.3 Å². The number of rotatable bonds is 12. The highest BCUT2D eigenvalue weighted by atomic mass is 35.5. The van der Waals surface area contributed by atoms with Gasteiger partial charge < -0.3 is 24.5 Å². The van der Waals surface area contributed by atoms with Crippen LogP contribution in [0.1, 0.15) is 33.1 Å². The first-order chi connectivity index (χ1) is 20.7. The normalized spacial score (nSPS) is 26.3. The minimum Gasteiger partial charge on any atom is -0.394 e. The molecule has 0 saturated carbocycles. The van der Waals surface area contributed by atoms with Gasteiger partial charge in [0.25, 0.3) is 5.91 Å². The molecule has 3 fully saturated rings. The monoisotopic (exact) mass is 605 g/mol. The Labute approximate surface area is 258 Å². The van der Waals surface area contributed by atoms with Crippen molar-refractivity contribution in [2.45, 2.75) is 56.9 Å². The van der Waals surface area contributed by atoms with Crippen LogP contribution in [-0.2, 0) is 19.1 Å². The van der Waals surface area contributed by atoms with Gasteiger partial charge in [-0.05, 0) is 49.4 Å². The number of aliphatic hydroxyl groups is 1. The predicted octanol–water partition coefficient (Wildman–Crippen LogP) is 4.86. The van der Waals surface area contributed by atoms with Gasteiger partial charge in [0.15, 0.2) is 0 Å². The van der Waals surface area contributed by atoms with Crippen LogP contribution in [0.2, 0.25) is 5.02 Å². The number of carbonyl (C=O) groups excluding carboxylic acids is 3. The number of halogens is 1. The number of aliphatic hydroxyl groups excluding tert-OH is 1. The van der Waals surface area contributed by atoms with Gasteiger partial charge in [-0.2, -0.15) is 0 Å². The van der Waals surface area contributed by atoms with E-state index in [1.165, 1.54) is 9.80 Å². The molecule has 2 aromatic rings. The average molecular weight is 606 g/mol. The van der Waals surface area contributed by atoms with Crippen molar-refractivity contribution in [3.8, 4) is 0 Å². The van der Waals surface area contributed by atoms with E-state index in [1.807, 2.05) is 44.2 Å². The molecule has 1 spiro atoms. The summed E-state index contributed by atoms with van der Waals surface area (Å²) in [5.41, 5.74) is -0.0315. The molecule has 0 aliphatic carbocycles. The van der Waals surface area contributed by atoms with E-state index in [0.29, 0.717) is 35.7 Å². The van der Waals surface area contributed by atoms with E-state index in [1.54, 1.807) is 41.3 Å². The minimum absolute atomic E-state index is 0.141. The number of anilines is 2. The fourth-order valence-corrected chi connectivity index (χ4v) is 7.60. The second kappa shape index (κ2) is 12.6. The zero-order chi connectivity index (χ0) is 30.9. The molecule has 3 heterocycles. The molecule has 1 N–H and O–H groups in total. The molecule has 0 radical (unpaired) electrons. The van der Waals surface area contributed by atoms with Crippen LogP contribution in [0.5, 0.6) is 0 Å². The molecule has 2 bridgehead atoms. The van der Waals surface area contributed by atoms with Crippen LogP contribution >= 0.6 is 11.6 Å². The number of carbonyl (C=O) groups is 3. The zero-order valence-electron chi connectivity index (χ0n) is 24.8. The number of ether oxygens (including phenoxy) is 1. The third-order valence-electron chi connectivity index (χ3n) is 8.97. The highest BCUT2D eigenvalue weighted by molar-refractivity contribution is 6.34. The summed E-state index contributed by atoms with van der Waals surface area (Å²) in [4.78, 5) is 48.4. The molecule has 5 rings (SSSR count). The summed E-state index contributed by atoms with van der Waals surface area (Å²) in [5, 5.41) is 11.0. The summed E-state index contributed by atoms with van der Waals surface area (Å²) in [7, 11) is 0. The van der Waals surface area contributed by atoms with Gasteiger partial charge in [0.2, 0.25) is 11.8 Å². The summed E-state index contributed by atoms with van der Waals surface area (Å²) in [6.45, 7) is 11.8. The van der Waals surface area contributed by atoms with Gasteiger partial charge >= 0.3 is 0 Å². The van der Waals surface area contributed by atoms with Crippen molar-refractivity contribution in [3.05, 3.63) is 84.9 Å². The van der Waals surface area contributed by atoms with E-state index in [0.717, 1.165) is 0 Å². The van der Waals surface area contributed by atoms with Gasteiger partial charge in [-0.15, -0.1) is 13.2 Å². The van der Waals surface area contributed by atoms with Crippen molar-refractivity contribution in [2.24, 2.45) is 17.8 Å². The minimum atomic E-state index is -1.22. The van der Waals surface area contributed by atoms with Crippen LogP contribution in [0.25, 0.3) is 0 Å². The van der Waals surface area contributed by atoms with Crippen molar-refractivity contribution in [1.82, 2.24) is 4.90 Å². The smallest absolute Gasteiger partial charge is 0.253 e. The summed E-state index contributed by atoms with van der Waals surface area (Å²) >= 11 is 6.57. The third-order valence-corrected chi connectivity index (χ3v) is 9.29. The Morgan fingerprint density at radius 2 is 1.72 bits per heavy atom.